The second-order valence-electron chi connectivity index (χ2n) is 9.96. The Balaban J connectivity index is 0.000000155. The highest BCUT2D eigenvalue weighted by Crippen LogP contribution is 2.48. The van der Waals surface area contributed by atoms with Crippen molar-refractivity contribution in [2.24, 2.45) is 7.05 Å². The fourth-order valence-corrected chi connectivity index (χ4v) is 5.10. The van der Waals surface area contributed by atoms with E-state index in [9.17, 15) is 0 Å². The molecule has 0 aliphatic heterocycles. The van der Waals surface area contributed by atoms with Gasteiger partial charge in [0.2, 0.25) is 0 Å². The molecule has 186 valence electrons. The summed E-state index contributed by atoms with van der Waals surface area (Å²) in [7, 11) is 3.69. The van der Waals surface area contributed by atoms with E-state index >= 15 is 0 Å². The van der Waals surface area contributed by atoms with Crippen molar-refractivity contribution in [2.45, 2.75) is 58.3 Å². The van der Waals surface area contributed by atoms with Gasteiger partial charge in [-0.15, -0.1) is 0 Å². The number of nitrogen functional groups attached to an aromatic ring is 1. The summed E-state index contributed by atoms with van der Waals surface area (Å²) >= 11 is 0. The van der Waals surface area contributed by atoms with Crippen molar-refractivity contribution in [1.29, 1.82) is 0 Å². The molecule has 4 aromatic heterocycles. The van der Waals surface area contributed by atoms with E-state index in [0.29, 0.717) is 11.8 Å². The summed E-state index contributed by atoms with van der Waals surface area (Å²) in [5, 5.41) is 10.6. The lowest BCUT2D eigenvalue weighted by Gasteiger charge is -2.08. The number of hydrogen-bond acceptors (Lipinski definition) is 7. The van der Waals surface area contributed by atoms with Crippen LogP contribution in [-0.2, 0) is 7.05 Å². The third-order valence-electron chi connectivity index (χ3n) is 7.18. The molecule has 0 radical (unpaired) electrons. The highest BCUT2D eigenvalue weighted by molar-refractivity contribution is 6.07. The molecule has 2 saturated carbocycles. The summed E-state index contributed by atoms with van der Waals surface area (Å²) in [6, 6.07) is 4.06. The Morgan fingerprint density at radius 2 is 1.83 bits per heavy atom. The van der Waals surface area contributed by atoms with Crippen molar-refractivity contribution in [3.8, 4) is 16.9 Å². The van der Waals surface area contributed by atoms with Crippen LogP contribution in [0, 0.1) is 20.8 Å². The van der Waals surface area contributed by atoms with Crippen LogP contribution in [0.3, 0.4) is 0 Å². The number of benzene rings is 1. The predicted molar refractivity (Wildman–Crippen MR) is 139 cm³/mol. The molecular weight excluding hydrogens is 454 g/mol. The van der Waals surface area contributed by atoms with Gasteiger partial charge in [-0.3, -0.25) is 4.68 Å². The van der Waals surface area contributed by atoms with Gasteiger partial charge in [-0.2, -0.15) is 5.10 Å². The molecule has 7 rings (SSSR count). The topological polar surface area (TPSA) is 121 Å². The number of aromatic amines is 1. The molecule has 0 amide bonds. The number of fused-ring (bicyclic) bond motifs is 3. The molecular formula is C27H31N7O2. The molecule has 4 heterocycles. The molecule has 9 nitrogen and oxygen atoms in total. The Labute approximate surface area is 209 Å². The molecule has 0 unspecified atom stereocenters. The van der Waals surface area contributed by atoms with Crippen molar-refractivity contribution in [1.82, 2.24) is 29.9 Å². The first-order valence-corrected chi connectivity index (χ1v) is 12.4. The third-order valence-corrected chi connectivity index (χ3v) is 7.18. The Morgan fingerprint density at radius 3 is 2.47 bits per heavy atom. The number of nitrogens with zero attached hydrogens (tertiary/aromatic N) is 5. The monoisotopic (exact) mass is 485 g/mol. The van der Waals surface area contributed by atoms with E-state index in [4.69, 9.17) is 15.0 Å². The molecule has 9 heteroatoms. The van der Waals surface area contributed by atoms with Gasteiger partial charge in [-0.05, 0) is 58.6 Å². The van der Waals surface area contributed by atoms with Gasteiger partial charge in [-0.25, -0.2) is 9.97 Å². The number of anilines is 1. The van der Waals surface area contributed by atoms with E-state index in [0.717, 1.165) is 61.8 Å². The zero-order chi connectivity index (χ0) is 25.1. The fraction of sp³-hybridized carbons (Fsp3) is 0.407. The van der Waals surface area contributed by atoms with Gasteiger partial charge < -0.3 is 20.0 Å². The van der Waals surface area contributed by atoms with Gasteiger partial charge in [0.1, 0.15) is 23.0 Å². The van der Waals surface area contributed by atoms with Crippen LogP contribution in [-0.4, -0.2) is 37.0 Å². The smallest absolute Gasteiger partial charge is 0.142 e. The van der Waals surface area contributed by atoms with E-state index in [1.54, 1.807) is 7.11 Å². The normalized spacial score (nSPS) is 15.4. The quantitative estimate of drug-likeness (QED) is 0.347. The minimum absolute atomic E-state index is 0.679. The minimum Gasteiger partial charge on any atom is -0.496 e. The molecule has 2 aliphatic rings. The first-order chi connectivity index (χ1) is 17.4. The Bertz CT molecular complexity index is 1580. The molecule has 2 fully saturated rings. The summed E-state index contributed by atoms with van der Waals surface area (Å²) in [5.74, 6) is 3.67. The SMILES string of the molecule is COc1cc2c(cc1-c1c(C)noc1C)[nH]c1nc(C)ncc12.Cn1nc(C2CC2)c(N)c1C1CC1. The molecule has 0 bridgehead atoms. The van der Waals surface area contributed by atoms with Crippen molar-refractivity contribution < 1.29 is 9.26 Å². The Morgan fingerprint density at radius 1 is 1.08 bits per heavy atom. The molecule has 0 atom stereocenters. The lowest BCUT2D eigenvalue weighted by molar-refractivity contribution is 0.393. The Hall–Kier alpha value is -3.88. The summed E-state index contributed by atoms with van der Waals surface area (Å²) in [4.78, 5) is 12.1. The number of methoxy groups -OCH3 is 1. The van der Waals surface area contributed by atoms with Crippen molar-refractivity contribution in [3.63, 3.8) is 0 Å². The molecule has 0 saturated heterocycles. The highest BCUT2D eigenvalue weighted by Gasteiger charge is 2.35. The van der Waals surface area contributed by atoms with Gasteiger partial charge >= 0.3 is 0 Å². The molecule has 2 aliphatic carbocycles. The molecule has 0 spiro atoms. The van der Waals surface area contributed by atoms with Crippen LogP contribution < -0.4 is 10.5 Å². The number of rotatable bonds is 4. The van der Waals surface area contributed by atoms with Crippen molar-refractivity contribution >= 4 is 27.6 Å². The van der Waals surface area contributed by atoms with Crippen LogP contribution in [0.15, 0.2) is 22.9 Å². The Kier molecular flexibility index (Phi) is 5.24. The highest BCUT2D eigenvalue weighted by atomic mass is 16.5. The number of aromatic nitrogens is 6. The zero-order valence-electron chi connectivity index (χ0n) is 21.3. The standard InChI is InChI=1S/C17H16N4O2.C10H15N3/c1-8-16(9(2)23-21-8)12-5-14-11(6-15(12)22-4)13-7-18-10(3)19-17(13)20-14;1-13-10(7-4-5-7)8(11)9(12-13)6-2-3-6/h5-7H,1-4H3,(H,18,19,20);6-7H,2-5,11H2,1H3. The number of H-pyrrole nitrogens is 1. The van der Waals surface area contributed by atoms with Crippen molar-refractivity contribution in [3.05, 3.63) is 47.0 Å². The van der Waals surface area contributed by atoms with Gasteiger partial charge in [0.15, 0.2) is 0 Å². The molecule has 3 N–H and O–H groups in total. The number of hydrogen-bond donors (Lipinski definition) is 2. The predicted octanol–water partition coefficient (Wildman–Crippen LogP) is 5.46. The lowest BCUT2D eigenvalue weighted by atomic mass is 10.0. The first-order valence-electron chi connectivity index (χ1n) is 12.4. The van der Waals surface area contributed by atoms with E-state index in [1.165, 1.54) is 37.1 Å². The fourth-order valence-electron chi connectivity index (χ4n) is 5.10. The van der Waals surface area contributed by atoms with Gasteiger partial charge in [0.05, 0.1) is 35.4 Å². The maximum Gasteiger partial charge on any atom is 0.142 e. The summed E-state index contributed by atoms with van der Waals surface area (Å²) in [5.41, 5.74) is 14.1. The number of nitrogens with one attached hydrogen (secondary N) is 1. The van der Waals surface area contributed by atoms with Crippen molar-refractivity contribution in [2.75, 3.05) is 12.8 Å². The minimum atomic E-state index is 0.679. The summed E-state index contributed by atoms with van der Waals surface area (Å²) < 4.78 is 12.9. The maximum atomic E-state index is 6.10. The average molecular weight is 486 g/mol. The first kappa shape index (κ1) is 22.6. The van der Waals surface area contributed by atoms with Crippen LogP contribution in [0.5, 0.6) is 5.75 Å². The van der Waals surface area contributed by atoms with Gasteiger partial charge in [0, 0.05) is 46.9 Å². The van der Waals surface area contributed by atoms with Crippen LogP contribution in [0.1, 0.15) is 66.2 Å². The molecule has 5 aromatic rings. The number of nitrogens with two attached hydrogens (primary N) is 1. The lowest BCUT2D eigenvalue weighted by Crippen LogP contribution is -1.98. The largest absolute Gasteiger partial charge is 0.496 e. The molecule has 36 heavy (non-hydrogen) atoms. The van der Waals surface area contributed by atoms with Gasteiger partial charge in [-0.1, -0.05) is 5.16 Å². The van der Waals surface area contributed by atoms with Crippen LogP contribution in [0.2, 0.25) is 0 Å². The summed E-state index contributed by atoms with van der Waals surface area (Å²) in [6.45, 7) is 5.70. The maximum absolute atomic E-state index is 6.10. The second-order valence-corrected chi connectivity index (χ2v) is 9.96. The van der Waals surface area contributed by atoms with E-state index in [2.05, 4.69) is 31.3 Å². The van der Waals surface area contributed by atoms with Crippen LogP contribution >= 0.6 is 0 Å². The van der Waals surface area contributed by atoms with Crippen LogP contribution in [0.25, 0.3) is 33.1 Å². The molecule has 1 aromatic carbocycles. The van der Waals surface area contributed by atoms with E-state index < -0.39 is 0 Å². The zero-order valence-corrected chi connectivity index (χ0v) is 21.3. The second kappa shape index (κ2) is 8.36. The number of aryl methyl sites for hydroxylation is 4. The van der Waals surface area contributed by atoms with Crippen LogP contribution in [0.4, 0.5) is 5.69 Å². The summed E-state index contributed by atoms with van der Waals surface area (Å²) in [6.07, 6.45) is 7.00. The third kappa shape index (κ3) is 3.79. The average Bonchev–Trinajstić information content (AvgIpc) is 3.78. The van der Waals surface area contributed by atoms with Gasteiger partial charge in [0.25, 0.3) is 0 Å². The van der Waals surface area contributed by atoms with E-state index in [1.807, 2.05) is 44.8 Å². The van der Waals surface area contributed by atoms with E-state index in [-0.39, 0.29) is 0 Å². The number of ether oxygens (including phenoxy) is 1.